The van der Waals surface area contributed by atoms with Gasteiger partial charge in [0, 0.05) is 17.3 Å². The highest BCUT2D eigenvalue weighted by molar-refractivity contribution is 7.99. The van der Waals surface area contributed by atoms with Gasteiger partial charge in [0.25, 0.3) is 0 Å². The van der Waals surface area contributed by atoms with Gasteiger partial charge in [0.2, 0.25) is 0 Å². The van der Waals surface area contributed by atoms with E-state index in [0.717, 1.165) is 5.25 Å². The Balaban J connectivity index is 2.19. The first kappa shape index (κ1) is 13.8. The molecule has 1 saturated carbocycles. The fourth-order valence-corrected chi connectivity index (χ4v) is 3.03. The Morgan fingerprint density at radius 1 is 1.56 bits per heavy atom. The van der Waals surface area contributed by atoms with Crippen molar-refractivity contribution < 1.29 is 9.53 Å². The molecule has 0 bridgehead atoms. The van der Waals surface area contributed by atoms with Gasteiger partial charge in [-0.3, -0.25) is 4.79 Å². The van der Waals surface area contributed by atoms with E-state index in [9.17, 15) is 4.79 Å². The Hall–Kier alpha value is -0.220. The number of carbonyl (C=O) groups excluding carboxylic acids is 1. The molecule has 0 aromatic rings. The molecule has 1 rings (SSSR count). The van der Waals surface area contributed by atoms with Gasteiger partial charge in [-0.25, -0.2) is 0 Å². The molecule has 1 N–H and O–H groups in total. The van der Waals surface area contributed by atoms with E-state index >= 15 is 0 Å². The van der Waals surface area contributed by atoms with E-state index < -0.39 is 0 Å². The maximum atomic E-state index is 11.3. The first-order valence-electron chi connectivity index (χ1n) is 6.10. The lowest BCUT2D eigenvalue weighted by Gasteiger charge is -2.18. The molecule has 3 unspecified atom stereocenters. The zero-order valence-electron chi connectivity index (χ0n) is 10.5. The molecule has 1 fully saturated rings. The maximum Gasteiger partial charge on any atom is 0.307 e. The first-order valence-corrected chi connectivity index (χ1v) is 7.39. The molecule has 16 heavy (non-hydrogen) atoms. The van der Waals surface area contributed by atoms with Crippen molar-refractivity contribution in [2.24, 2.45) is 0 Å². The van der Waals surface area contributed by atoms with E-state index in [1.54, 1.807) is 0 Å². The fraction of sp³-hybridized carbons (Fsp3) is 0.917. The summed E-state index contributed by atoms with van der Waals surface area (Å²) in [5, 5.41) is 4.32. The van der Waals surface area contributed by atoms with Crippen molar-refractivity contribution in [1.29, 1.82) is 0 Å². The summed E-state index contributed by atoms with van der Waals surface area (Å²) >= 11 is 1.95. The van der Waals surface area contributed by atoms with Gasteiger partial charge >= 0.3 is 5.97 Å². The summed E-state index contributed by atoms with van der Waals surface area (Å²) < 4.78 is 4.94. The summed E-state index contributed by atoms with van der Waals surface area (Å²) in [6, 6.07) is 0.812. The molecule has 0 saturated heterocycles. The van der Waals surface area contributed by atoms with Gasteiger partial charge in [0.15, 0.2) is 0 Å². The monoisotopic (exact) mass is 245 g/mol. The number of esters is 1. The third kappa shape index (κ3) is 4.74. The average Bonchev–Trinajstić information content (AvgIpc) is 2.65. The maximum absolute atomic E-state index is 11.3. The quantitative estimate of drug-likeness (QED) is 0.728. The molecule has 0 aliphatic heterocycles. The standard InChI is InChI=1S/C12H23NO2S/c1-4-15-12(14)7-9(2)13-10-5-6-11(8-10)16-3/h9-11,13H,4-8H2,1-3H3. The molecule has 3 atom stereocenters. The Kier molecular flexibility index (Phi) is 6.21. The van der Waals surface area contributed by atoms with E-state index in [-0.39, 0.29) is 12.0 Å². The second-order valence-electron chi connectivity index (χ2n) is 4.44. The molecule has 0 amide bonds. The number of ether oxygens (including phenoxy) is 1. The van der Waals surface area contributed by atoms with Gasteiger partial charge in [-0.2, -0.15) is 11.8 Å². The van der Waals surface area contributed by atoms with Crippen LogP contribution in [0.4, 0.5) is 0 Å². The van der Waals surface area contributed by atoms with Gasteiger partial charge in [-0.05, 0) is 39.4 Å². The highest BCUT2D eigenvalue weighted by Gasteiger charge is 2.25. The van der Waals surface area contributed by atoms with Gasteiger partial charge < -0.3 is 10.1 Å². The van der Waals surface area contributed by atoms with Gasteiger partial charge in [-0.15, -0.1) is 0 Å². The Morgan fingerprint density at radius 3 is 2.88 bits per heavy atom. The largest absolute Gasteiger partial charge is 0.466 e. The van der Waals surface area contributed by atoms with Crippen molar-refractivity contribution in [1.82, 2.24) is 5.32 Å². The lowest BCUT2D eigenvalue weighted by atomic mass is 10.2. The van der Waals surface area contributed by atoms with Crippen LogP contribution in [-0.2, 0) is 9.53 Å². The van der Waals surface area contributed by atoms with E-state index in [4.69, 9.17) is 4.74 Å². The molecule has 1 aliphatic rings. The van der Waals surface area contributed by atoms with Crippen LogP contribution in [0.25, 0.3) is 0 Å². The van der Waals surface area contributed by atoms with Gasteiger partial charge in [-0.1, -0.05) is 0 Å². The van der Waals surface area contributed by atoms with Gasteiger partial charge in [0.05, 0.1) is 13.0 Å². The van der Waals surface area contributed by atoms with E-state index in [1.807, 2.05) is 18.7 Å². The molecule has 0 heterocycles. The first-order chi connectivity index (χ1) is 7.65. The number of rotatable bonds is 6. The molecule has 0 aromatic heterocycles. The highest BCUT2D eigenvalue weighted by atomic mass is 32.2. The summed E-state index contributed by atoms with van der Waals surface area (Å²) in [4.78, 5) is 11.3. The SMILES string of the molecule is CCOC(=O)CC(C)NC1CCC(SC)C1. The van der Waals surface area contributed by atoms with Crippen LogP contribution in [0.1, 0.15) is 39.5 Å². The van der Waals surface area contributed by atoms with Crippen LogP contribution >= 0.6 is 11.8 Å². The van der Waals surface area contributed by atoms with Crippen LogP contribution in [-0.4, -0.2) is 36.2 Å². The summed E-state index contributed by atoms with van der Waals surface area (Å²) in [7, 11) is 0. The highest BCUT2D eigenvalue weighted by Crippen LogP contribution is 2.28. The number of hydrogen-bond acceptors (Lipinski definition) is 4. The smallest absolute Gasteiger partial charge is 0.307 e. The predicted octanol–water partition coefficient (Wildman–Crippen LogP) is 2.20. The second kappa shape index (κ2) is 7.17. The van der Waals surface area contributed by atoms with Crippen molar-refractivity contribution in [2.75, 3.05) is 12.9 Å². The van der Waals surface area contributed by atoms with Crippen LogP contribution in [0.5, 0.6) is 0 Å². The Bertz CT molecular complexity index is 223. The molecule has 94 valence electrons. The Morgan fingerprint density at radius 2 is 2.31 bits per heavy atom. The minimum Gasteiger partial charge on any atom is -0.466 e. The molecule has 4 heteroatoms. The van der Waals surface area contributed by atoms with Crippen LogP contribution in [0.2, 0.25) is 0 Å². The van der Waals surface area contributed by atoms with Crippen molar-refractivity contribution in [2.45, 2.75) is 56.9 Å². The minimum atomic E-state index is -0.0955. The molecule has 0 spiro atoms. The fourth-order valence-electron chi connectivity index (χ4n) is 2.24. The van der Waals surface area contributed by atoms with Gasteiger partial charge in [0.1, 0.15) is 0 Å². The zero-order valence-corrected chi connectivity index (χ0v) is 11.3. The van der Waals surface area contributed by atoms with Crippen LogP contribution in [0, 0.1) is 0 Å². The topological polar surface area (TPSA) is 38.3 Å². The molecule has 3 nitrogen and oxygen atoms in total. The van der Waals surface area contributed by atoms with E-state index in [0.29, 0.717) is 19.1 Å². The summed E-state index contributed by atoms with van der Waals surface area (Å²) in [5.41, 5.74) is 0. The second-order valence-corrected chi connectivity index (χ2v) is 5.58. The number of carbonyl (C=O) groups is 1. The van der Waals surface area contributed by atoms with Crippen molar-refractivity contribution >= 4 is 17.7 Å². The number of nitrogens with one attached hydrogen (secondary N) is 1. The average molecular weight is 245 g/mol. The summed E-state index contributed by atoms with van der Waals surface area (Å²) in [5.74, 6) is -0.0955. The van der Waals surface area contributed by atoms with Crippen molar-refractivity contribution in [3.8, 4) is 0 Å². The molecule has 0 radical (unpaired) electrons. The molecular weight excluding hydrogens is 222 g/mol. The minimum absolute atomic E-state index is 0.0955. The van der Waals surface area contributed by atoms with Crippen LogP contribution in [0.3, 0.4) is 0 Å². The number of thioether (sulfide) groups is 1. The van der Waals surface area contributed by atoms with Crippen LogP contribution < -0.4 is 5.32 Å². The van der Waals surface area contributed by atoms with E-state index in [2.05, 4.69) is 18.5 Å². The normalized spacial score (nSPS) is 26.7. The molecular formula is C12H23NO2S. The zero-order chi connectivity index (χ0) is 12.0. The lowest BCUT2D eigenvalue weighted by Crippen LogP contribution is -2.36. The third-order valence-electron chi connectivity index (χ3n) is 3.02. The number of hydrogen-bond donors (Lipinski definition) is 1. The summed E-state index contributed by atoms with van der Waals surface area (Å²) in [6.45, 7) is 4.38. The van der Waals surface area contributed by atoms with Crippen LogP contribution in [0.15, 0.2) is 0 Å². The lowest BCUT2D eigenvalue weighted by molar-refractivity contribution is -0.143. The van der Waals surface area contributed by atoms with Crippen molar-refractivity contribution in [3.63, 3.8) is 0 Å². The Labute approximate surface area is 103 Å². The third-order valence-corrected chi connectivity index (χ3v) is 4.11. The van der Waals surface area contributed by atoms with E-state index in [1.165, 1.54) is 19.3 Å². The summed E-state index contributed by atoms with van der Waals surface area (Å²) in [6.07, 6.45) is 6.42. The molecule has 1 aliphatic carbocycles. The van der Waals surface area contributed by atoms with Crippen molar-refractivity contribution in [3.05, 3.63) is 0 Å². The molecule has 0 aromatic carbocycles. The predicted molar refractivity (Wildman–Crippen MR) is 68.8 cm³/mol.